The van der Waals surface area contributed by atoms with Gasteiger partial charge in [0.15, 0.2) is 5.96 Å². The molecular formula is C17H21ClN4S. The highest BCUT2D eigenvalue weighted by molar-refractivity contribution is 7.11. The Balaban J connectivity index is 1.54. The van der Waals surface area contributed by atoms with Crippen molar-refractivity contribution in [2.24, 2.45) is 4.99 Å². The van der Waals surface area contributed by atoms with Gasteiger partial charge in [0.2, 0.25) is 0 Å². The van der Waals surface area contributed by atoms with Crippen LogP contribution in [0.1, 0.15) is 28.3 Å². The zero-order valence-corrected chi connectivity index (χ0v) is 15.0. The van der Waals surface area contributed by atoms with Gasteiger partial charge in [-0.2, -0.15) is 0 Å². The molecule has 0 atom stereocenters. The predicted octanol–water partition coefficient (Wildman–Crippen LogP) is 3.50. The Morgan fingerprint density at radius 3 is 2.61 bits per heavy atom. The van der Waals surface area contributed by atoms with Crippen LogP contribution in [0.5, 0.6) is 0 Å². The lowest BCUT2D eigenvalue weighted by Gasteiger charge is -2.19. The molecule has 1 heterocycles. The summed E-state index contributed by atoms with van der Waals surface area (Å²) in [6.07, 6.45) is 4.30. The Morgan fingerprint density at radius 2 is 2.04 bits per heavy atom. The lowest BCUT2D eigenvalue weighted by atomic mass is 9.96. The van der Waals surface area contributed by atoms with Crippen LogP contribution in [0.2, 0.25) is 5.02 Å². The van der Waals surface area contributed by atoms with Crippen molar-refractivity contribution >= 4 is 28.9 Å². The Hall–Kier alpha value is -1.59. The van der Waals surface area contributed by atoms with Crippen LogP contribution in [0, 0.1) is 6.92 Å². The fraction of sp³-hybridized carbons (Fsp3) is 0.412. The number of thiazole rings is 1. The summed E-state index contributed by atoms with van der Waals surface area (Å²) in [5.41, 5.74) is 1.57. The van der Waals surface area contributed by atoms with Crippen LogP contribution in [0.25, 0.3) is 0 Å². The average Bonchev–Trinajstić information content (AvgIpc) is 3.23. The van der Waals surface area contributed by atoms with Gasteiger partial charge in [-0.15, -0.1) is 11.3 Å². The highest BCUT2D eigenvalue weighted by Crippen LogP contribution is 2.47. The van der Waals surface area contributed by atoms with Gasteiger partial charge in [-0.1, -0.05) is 23.7 Å². The molecular weight excluding hydrogens is 328 g/mol. The van der Waals surface area contributed by atoms with Crippen molar-refractivity contribution in [1.82, 2.24) is 15.6 Å². The summed E-state index contributed by atoms with van der Waals surface area (Å²) >= 11 is 7.69. The van der Waals surface area contributed by atoms with Crippen molar-refractivity contribution in [3.8, 4) is 0 Å². The second kappa shape index (κ2) is 6.89. The van der Waals surface area contributed by atoms with E-state index in [2.05, 4.69) is 39.7 Å². The molecule has 0 radical (unpaired) electrons. The van der Waals surface area contributed by atoms with Crippen molar-refractivity contribution < 1.29 is 0 Å². The second-order valence-corrected chi connectivity index (χ2v) is 7.69. The molecule has 23 heavy (non-hydrogen) atoms. The molecule has 0 saturated heterocycles. The van der Waals surface area contributed by atoms with Gasteiger partial charge >= 0.3 is 0 Å². The van der Waals surface area contributed by atoms with E-state index in [0.29, 0.717) is 6.54 Å². The minimum absolute atomic E-state index is 0.222. The van der Waals surface area contributed by atoms with Crippen LogP contribution in [0.4, 0.5) is 0 Å². The molecule has 6 heteroatoms. The van der Waals surface area contributed by atoms with Crippen molar-refractivity contribution in [1.29, 1.82) is 0 Å². The summed E-state index contributed by atoms with van der Waals surface area (Å²) in [5, 5.41) is 8.63. The van der Waals surface area contributed by atoms with E-state index in [1.54, 1.807) is 18.4 Å². The van der Waals surface area contributed by atoms with Gasteiger partial charge < -0.3 is 10.6 Å². The quantitative estimate of drug-likeness (QED) is 0.642. The first kappa shape index (κ1) is 16.3. The van der Waals surface area contributed by atoms with E-state index in [-0.39, 0.29) is 5.41 Å². The van der Waals surface area contributed by atoms with Gasteiger partial charge in [0.05, 0.1) is 6.54 Å². The number of aliphatic imine (C=N–C) groups is 1. The van der Waals surface area contributed by atoms with E-state index in [9.17, 15) is 0 Å². The number of halogens is 1. The average molecular weight is 349 g/mol. The molecule has 2 N–H and O–H groups in total. The first-order valence-corrected chi connectivity index (χ1v) is 8.93. The Kier molecular flexibility index (Phi) is 4.87. The lowest BCUT2D eigenvalue weighted by Crippen LogP contribution is -2.40. The molecule has 0 aliphatic heterocycles. The van der Waals surface area contributed by atoms with Gasteiger partial charge in [-0.3, -0.25) is 4.99 Å². The SMILES string of the molecule is CN=C(NCc1ncc(C)s1)NCC1(c2ccc(Cl)cc2)CC1. The first-order valence-electron chi connectivity index (χ1n) is 7.73. The molecule has 1 aliphatic rings. The number of aryl methyl sites for hydroxylation is 1. The van der Waals surface area contributed by atoms with Gasteiger partial charge in [-0.05, 0) is 37.5 Å². The molecule has 0 unspecified atom stereocenters. The molecule has 0 bridgehead atoms. The largest absolute Gasteiger partial charge is 0.356 e. The maximum absolute atomic E-state index is 5.98. The molecule has 3 rings (SSSR count). The molecule has 1 saturated carbocycles. The topological polar surface area (TPSA) is 49.3 Å². The monoisotopic (exact) mass is 348 g/mol. The minimum Gasteiger partial charge on any atom is -0.356 e. The number of guanidine groups is 1. The summed E-state index contributed by atoms with van der Waals surface area (Å²) in [4.78, 5) is 9.88. The molecule has 0 amide bonds. The van der Waals surface area contributed by atoms with Crippen LogP contribution >= 0.6 is 22.9 Å². The number of benzene rings is 1. The summed E-state index contributed by atoms with van der Waals surface area (Å²) in [5.74, 6) is 0.818. The maximum Gasteiger partial charge on any atom is 0.191 e. The van der Waals surface area contributed by atoms with Crippen LogP contribution < -0.4 is 10.6 Å². The van der Waals surface area contributed by atoms with E-state index in [0.717, 1.165) is 22.5 Å². The fourth-order valence-corrected chi connectivity index (χ4v) is 3.49. The highest BCUT2D eigenvalue weighted by atomic mass is 35.5. The zero-order valence-electron chi connectivity index (χ0n) is 13.4. The number of nitrogens with one attached hydrogen (secondary N) is 2. The molecule has 1 aromatic heterocycles. The molecule has 1 fully saturated rings. The third-order valence-electron chi connectivity index (χ3n) is 4.20. The molecule has 0 spiro atoms. The van der Waals surface area contributed by atoms with E-state index in [1.807, 2.05) is 18.3 Å². The molecule has 1 aromatic carbocycles. The van der Waals surface area contributed by atoms with E-state index >= 15 is 0 Å². The maximum atomic E-state index is 5.98. The number of nitrogens with zero attached hydrogens (tertiary/aromatic N) is 2. The number of hydrogen-bond acceptors (Lipinski definition) is 3. The lowest BCUT2D eigenvalue weighted by molar-refractivity contribution is 0.645. The first-order chi connectivity index (χ1) is 11.1. The van der Waals surface area contributed by atoms with Gasteiger partial charge in [-0.25, -0.2) is 4.98 Å². The molecule has 122 valence electrons. The van der Waals surface area contributed by atoms with E-state index in [4.69, 9.17) is 11.6 Å². The molecule has 2 aromatic rings. The molecule has 1 aliphatic carbocycles. The van der Waals surface area contributed by atoms with Crippen LogP contribution in [0.3, 0.4) is 0 Å². The predicted molar refractivity (Wildman–Crippen MR) is 97.4 cm³/mol. The van der Waals surface area contributed by atoms with E-state index < -0.39 is 0 Å². The summed E-state index contributed by atoms with van der Waals surface area (Å²) in [6, 6.07) is 8.20. The van der Waals surface area contributed by atoms with Gasteiger partial charge in [0, 0.05) is 35.1 Å². The van der Waals surface area contributed by atoms with Gasteiger partial charge in [0.25, 0.3) is 0 Å². The highest BCUT2D eigenvalue weighted by Gasteiger charge is 2.44. The number of rotatable bonds is 5. The third kappa shape index (κ3) is 4.03. The van der Waals surface area contributed by atoms with Crippen LogP contribution in [-0.2, 0) is 12.0 Å². The Labute approximate surface area is 146 Å². The smallest absolute Gasteiger partial charge is 0.191 e. The van der Waals surface area contributed by atoms with Crippen LogP contribution in [-0.4, -0.2) is 24.5 Å². The zero-order chi connectivity index (χ0) is 16.3. The van der Waals surface area contributed by atoms with Crippen molar-refractivity contribution in [3.05, 3.63) is 50.9 Å². The van der Waals surface area contributed by atoms with Crippen molar-refractivity contribution in [2.45, 2.75) is 31.7 Å². The summed E-state index contributed by atoms with van der Waals surface area (Å²) in [6.45, 7) is 3.65. The number of hydrogen-bond donors (Lipinski definition) is 2. The van der Waals surface area contributed by atoms with Gasteiger partial charge in [0.1, 0.15) is 5.01 Å². The standard InChI is InChI=1S/C17H21ClN4S/c1-12-9-20-15(23-12)10-21-16(19-2)22-11-17(7-8-17)13-3-5-14(18)6-4-13/h3-6,9H,7-8,10-11H2,1-2H3,(H2,19,21,22). The normalized spacial score (nSPS) is 16.2. The van der Waals surface area contributed by atoms with Crippen LogP contribution in [0.15, 0.2) is 35.5 Å². The summed E-state index contributed by atoms with van der Waals surface area (Å²) < 4.78 is 0. The molecule has 4 nitrogen and oxygen atoms in total. The fourth-order valence-electron chi connectivity index (χ4n) is 2.64. The summed E-state index contributed by atoms with van der Waals surface area (Å²) in [7, 11) is 1.80. The minimum atomic E-state index is 0.222. The Morgan fingerprint density at radius 1 is 1.30 bits per heavy atom. The second-order valence-electron chi connectivity index (χ2n) is 5.93. The Bertz CT molecular complexity index is 689. The van der Waals surface area contributed by atoms with Crippen molar-refractivity contribution in [3.63, 3.8) is 0 Å². The number of aromatic nitrogens is 1. The van der Waals surface area contributed by atoms with E-state index in [1.165, 1.54) is 23.3 Å². The third-order valence-corrected chi connectivity index (χ3v) is 5.37. The van der Waals surface area contributed by atoms with Crippen molar-refractivity contribution in [2.75, 3.05) is 13.6 Å².